The van der Waals surface area contributed by atoms with Crippen LogP contribution in [0.5, 0.6) is 0 Å². The van der Waals surface area contributed by atoms with Crippen molar-refractivity contribution in [1.82, 2.24) is 4.90 Å². The molecule has 2 bridgehead atoms. The smallest absolute Gasteiger partial charge is 0.254 e. The molecule has 2 fully saturated rings. The van der Waals surface area contributed by atoms with Crippen molar-refractivity contribution in [3.63, 3.8) is 0 Å². The van der Waals surface area contributed by atoms with E-state index in [0.29, 0.717) is 29.1 Å². The van der Waals surface area contributed by atoms with Gasteiger partial charge in [0.25, 0.3) is 5.91 Å². The second-order valence-corrected chi connectivity index (χ2v) is 5.87. The van der Waals surface area contributed by atoms with Gasteiger partial charge in [0, 0.05) is 17.6 Å². The van der Waals surface area contributed by atoms with Crippen molar-refractivity contribution in [3.8, 4) is 0 Å². The lowest BCUT2D eigenvalue weighted by Crippen LogP contribution is -2.48. The van der Waals surface area contributed by atoms with Gasteiger partial charge in [0.15, 0.2) is 0 Å². The lowest BCUT2D eigenvalue weighted by Gasteiger charge is -2.37. The fourth-order valence-electron chi connectivity index (χ4n) is 3.29. The van der Waals surface area contributed by atoms with Gasteiger partial charge in [-0.05, 0) is 43.9 Å². The number of rotatable bonds is 1. The first-order valence-corrected chi connectivity index (χ1v) is 7.00. The number of carbonyl (C=O) groups excluding carboxylic acids is 1. The number of nitrogens with two attached hydrogens (primary N) is 1. The number of fused-ring (bicyclic) bond motifs is 2. The van der Waals surface area contributed by atoms with E-state index in [2.05, 4.69) is 0 Å². The Balaban J connectivity index is 1.86. The maximum absolute atomic E-state index is 12.6. The fourth-order valence-corrected chi connectivity index (χ4v) is 3.47. The number of carbonyl (C=O) groups is 1. The molecular weight excluding hydrogens is 264 g/mol. The highest BCUT2D eigenvalue weighted by atomic mass is 35.5. The third-order valence-electron chi connectivity index (χ3n) is 4.19. The van der Waals surface area contributed by atoms with Crippen molar-refractivity contribution >= 4 is 23.2 Å². The van der Waals surface area contributed by atoms with Crippen LogP contribution in [0.4, 0.5) is 5.69 Å². The Bertz CT molecular complexity index is 506. The Morgan fingerprint density at radius 2 is 1.95 bits per heavy atom. The topological polar surface area (TPSA) is 66.6 Å². The fraction of sp³-hybridized carbons (Fsp3) is 0.500. The van der Waals surface area contributed by atoms with Crippen LogP contribution >= 0.6 is 11.6 Å². The summed E-state index contributed by atoms with van der Waals surface area (Å²) in [6.07, 6.45) is 3.07. The number of halogens is 1. The average Bonchev–Trinajstić information content (AvgIpc) is 2.64. The second kappa shape index (κ2) is 4.69. The summed E-state index contributed by atoms with van der Waals surface area (Å²) in [6.45, 7) is 0. The van der Waals surface area contributed by atoms with Crippen LogP contribution in [0.3, 0.4) is 0 Å². The largest absolute Gasteiger partial charge is 0.398 e. The van der Waals surface area contributed by atoms with Gasteiger partial charge in [-0.2, -0.15) is 0 Å². The summed E-state index contributed by atoms with van der Waals surface area (Å²) in [5, 5.41) is 10.2. The second-order valence-electron chi connectivity index (χ2n) is 5.46. The van der Waals surface area contributed by atoms with E-state index in [4.69, 9.17) is 17.3 Å². The van der Waals surface area contributed by atoms with Crippen molar-refractivity contribution in [2.75, 3.05) is 5.73 Å². The third kappa shape index (κ3) is 2.19. The first-order valence-electron chi connectivity index (χ1n) is 6.62. The number of piperidine rings is 1. The molecule has 3 N–H and O–H groups in total. The highest BCUT2D eigenvalue weighted by Crippen LogP contribution is 2.37. The molecule has 0 aromatic heterocycles. The third-order valence-corrected chi connectivity index (χ3v) is 4.52. The van der Waals surface area contributed by atoms with Crippen LogP contribution in [0.25, 0.3) is 0 Å². The van der Waals surface area contributed by atoms with Gasteiger partial charge in [0.1, 0.15) is 0 Å². The molecule has 2 aliphatic rings. The number of hydrogen-bond donors (Lipinski definition) is 2. The molecule has 3 rings (SSSR count). The van der Waals surface area contributed by atoms with Gasteiger partial charge >= 0.3 is 0 Å². The normalized spacial score (nSPS) is 29.6. The van der Waals surface area contributed by atoms with E-state index in [1.54, 1.807) is 18.2 Å². The lowest BCUT2D eigenvalue weighted by atomic mass is 9.98. The molecule has 2 saturated heterocycles. The zero-order valence-electron chi connectivity index (χ0n) is 10.6. The minimum Gasteiger partial charge on any atom is -0.398 e. The zero-order valence-corrected chi connectivity index (χ0v) is 11.3. The molecule has 2 unspecified atom stereocenters. The van der Waals surface area contributed by atoms with Crippen LogP contribution in [0.1, 0.15) is 36.0 Å². The highest BCUT2D eigenvalue weighted by molar-refractivity contribution is 6.33. The summed E-state index contributed by atoms with van der Waals surface area (Å²) in [5.74, 6) is 0.00120. The molecule has 0 radical (unpaired) electrons. The Morgan fingerprint density at radius 3 is 2.53 bits per heavy atom. The Labute approximate surface area is 117 Å². The van der Waals surface area contributed by atoms with E-state index in [9.17, 15) is 9.90 Å². The van der Waals surface area contributed by atoms with Crippen molar-refractivity contribution < 1.29 is 9.90 Å². The first-order chi connectivity index (χ1) is 9.06. The van der Waals surface area contributed by atoms with Crippen molar-refractivity contribution in [1.29, 1.82) is 0 Å². The van der Waals surface area contributed by atoms with E-state index >= 15 is 0 Å². The standard InChI is InChI=1S/C14H17ClN2O2/c15-12-5-8(1-4-13(12)16)14(19)17-9-2-3-10(17)7-11(18)6-9/h1,4-5,9-11,18H,2-3,6-7,16H2. The number of anilines is 1. The summed E-state index contributed by atoms with van der Waals surface area (Å²) >= 11 is 5.97. The van der Waals surface area contributed by atoms with E-state index < -0.39 is 0 Å². The molecule has 0 saturated carbocycles. The van der Waals surface area contributed by atoms with E-state index in [-0.39, 0.29) is 24.1 Å². The maximum atomic E-state index is 12.6. The van der Waals surface area contributed by atoms with Gasteiger partial charge in [-0.15, -0.1) is 0 Å². The van der Waals surface area contributed by atoms with Crippen LogP contribution in [0, 0.1) is 0 Å². The number of aliphatic hydroxyl groups is 1. The van der Waals surface area contributed by atoms with Gasteiger partial charge < -0.3 is 15.7 Å². The van der Waals surface area contributed by atoms with Crippen LogP contribution in [-0.4, -0.2) is 34.1 Å². The first kappa shape index (κ1) is 12.8. The quantitative estimate of drug-likeness (QED) is 0.774. The number of nitrogens with zero attached hydrogens (tertiary/aromatic N) is 1. The van der Waals surface area contributed by atoms with Crippen LogP contribution in [0.2, 0.25) is 5.02 Å². The molecule has 2 atom stereocenters. The van der Waals surface area contributed by atoms with E-state index in [1.165, 1.54) is 0 Å². The van der Waals surface area contributed by atoms with Gasteiger partial charge in [0.2, 0.25) is 0 Å². The summed E-state index contributed by atoms with van der Waals surface area (Å²) in [7, 11) is 0. The highest BCUT2D eigenvalue weighted by Gasteiger charge is 2.42. The van der Waals surface area contributed by atoms with Crippen LogP contribution in [-0.2, 0) is 0 Å². The van der Waals surface area contributed by atoms with E-state index in [1.807, 2.05) is 4.90 Å². The van der Waals surface area contributed by atoms with Crippen LogP contribution < -0.4 is 5.73 Å². The molecule has 5 heteroatoms. The summed E-state index contributed by atoms with van der Waals surface area (Å²) in [5.41, 5.74) is 6.72. The van der Waals surface area contributed by atoms with Gasteiger partial charge in [-0.3, -0.25) is 4.79 Å². The predicted octanol–water partition coefficient (Wildman–Crippen LogP) is 2.05. The minimum absolute atomic E-state index is 0.00120. The molecule has 19 heavy (non-hydrogen) atoms. The molecule has 2 heterocycles. The van der Waals surface area contributed by atoms with Gasteiger partial charge in [-0.1, -0.05) is 11.6 Å². The lowest BCUT2D eigenvalue weighted by molar-refractivity contribution is 0.0287. The van der Waals surface area contributed by atoms with E-state index in [0.717, 1.165) is 12.8 Å². The van der Waals surface area contributed by atoms with Crippen LogP contribution in [0.15, 0.2) is 18.2 Å². The monoisotopic (exact) mass is 280 g/mol. The molecule has 102 valence electrons. The number of aliphatic hydroxyl groups excluding tert-OH is 1. The van der Waals surface area contributed by atoms with Gasteiger partial charge in [0.05, 0.1) is 16.8 Å². The molecule has 4 nitrogen and oxygen atoms in total. The summed E-state index contributed by atoms with van der Waals surface area (Å²) in [6, 6.07) is 5.34. The Hall–Kier alpha value is -1.26. The summed E-state index contributed by atoms with van der Waals surface area (Å²) < 4.78 is 0. The van der Waals surface area contributed by atoms with Crippen molar-refractivity contribution in [2.24, 2.45) is 0 Å². The van der Waals surface area contributed by atoms with Crippen molar-refractivity contribution in [2.45, 2.75) is 43.9 Å². The average molecular weight is 281 g/mol. The predicted molar refractivity (Wildman–Crippen MR) is 74.1 cm³/mol. The molecule has 0 spiro atoms. The SMILES string of the molecule is Nc1ccc(C(=O)N2C3CCC2CC(O)C3)cc1Cl. The molecule has 0 aliphatic carbocycles. The molecule has 1 amide bonds. The minimum atomic E-state index is -0.267. The Kier molecular flexibility index (Phi) is 3.15. The Morgan fingerprint density at radius 1 is 1.32 bits per heavy atom. The summed E-state index contributed by atoms with van der Waals surface area (Å²) in [4.78, 5) is 14.5. The molecular formula is C14H17ClN2O2. The molecule has 1 aromatic rings. The molecule has 1 aromatic carbocycles. The number of nitrogen functional groups attached to an aromatic ring is 1. The maximum Gasteiger partial charge on any atom is 0.254 e. The van der Waals surface area contributed by atoms with Gasteiger partial charge in [-0.25, -0.2) is 0 Å². The number of amides is 1. The molecule has 2 aliphatic heterocycles. The number of benzene rings is 1. The number of hydrogen-bond acceptors (Lipinski definition) is 3. The zero-order chi connectivity index (χ0) is 13.6. The van der Waals surface area contributed by atoms with Crippen molar-refractivity contribution in [3.05, 3.63) is 28.8 Å².